The molecule has 0 bridgehead atoms. The van der Waals surface area contributed by atoms with Gasteiger partial charge in [0.1, 0.15) is 18.5 Å². The molecule has 34 heavy (non-hydrogen) atoms. The van der Waals surface area contributed by atoms with Crippen molar-refractivity contribution in [2.45, 2.75) is 136 Å². The van der Waals surface area contributed by atoms with Crippen LogP contribution < -0.4 is 14.7 Å². The SMILES string of the molecule is CCCCCCCC[P+](=O)[O-].CCCCCCCC[P+](=O)[O-].CCCCCCCC[P+](=O)[O-].[Nd+3]. The van der Waals surface area contributed by atoms with E-state index in [2.05, 4.69) is 20.8 Å². The average Bonchev–Trinajstić information content (AvgIpc) is 2.76. The molecule has 0 fully saturated rings. The van der Waals surface area contributed by atoms with Gasteiger partial charge >= 0.3 is 64.9 Å². The van der Waals surface area contributed by atoms with Gasteiger partial charge in [-0.1, -0.05) is 112 Å². The smallest absolute Gasteiger partial charge is 0.596 e. The van der Waals surface area contributed by atoms with Gasteiger partial charge in [0.2, 0.25) is 0 Å². The second-order valence-electron chi connectivity index (χ2n) is 8.47. The van der Waals surface area contributed by atoms with E-state index >= 15 is 0 Å². The van der Waals surface area contributed by atoms with Crippen LogP contribution in [0.15, 0.2) is 0 Å². The molecule has 0 saturated heterocycles. The van der Waals surface area contributed by atoms with Crippen molar-refractivity contribution in [2.75, 3.05) is 18.5 Å². The first-order chi connectivity index (χ1) is 15.8. The summed E-state index contributed by atoms with van der Waals surface area (Å²) in [6.07, 6.45) is 21.8. The summed E-state index contributed by atoms with van der Waals surface area (Å²) in [4.78, 5) is 30.4. The summed E-state index contributed by atoms with van der Waals surface area (Å²) in [6.45, 7) is 6.53. The molecular formula is C24H51NdO6P3+3. The third kappa shape index (κ3) is 54.4. The minimum absolute atomic E-state index is 0. The van der Waals surface area contributed by atoms with Gasteiger partial charge in [-0.05, 0) is 38.5 Å². The fourth-order valence-electron chi connectivity index (χ4n) is 3.06. The van der Waals surface area contributed by atoms with Crippen molar-refractivity contribution < 1.29 is 69.2 Å². The fraction of sp³-hybridized carbons (Fsp3) is 1.00. The van der Waals surface area contributed by atoms with E-state index in [4.69, 9.17) is 0 Å². The predicted molar refractivity (Wildman–Crippen MR) is 138 cm³/mol. The first kappa shape index (κ1) is 42.6. The molecule has 1 radical (unpaired) electrons. The molecule has 0 saturated carbocycles. The van der Waals surface area contributed by atoms with Crippen LogP contribution >= 0.6 is 24.1 Å². The van der Waals surface area contributed by atoms with E-state index < -0.39 is 24.1 Å². The molecule has 0 rings (SSSR count). The molecule has 3 atom stereocenters. The Balaban J connectivity index is -0.000000196. The molecule has 0 spiro atoms. The number of unbranched alkanes of at least 4 members (excludes halogenated alkanes) is 15. The monoisotopic (exact) mass is 670 g/mol. The van der Waals surface area contributed by atoms with Gasteiger partial charge in [-0.2, -0.15) is 0 Å². The normalized spacial score (nSPS) is 11.3. The molecular weight excluding hydrogens is 621 g/mol. The average molecular weight is 673 g/mol. The summed E-state index contributed by atoms with van der Waals surface area (Å²) in [5.74, 6) is 0. The van der Waals surface area contributed by atoms with E-state index in [-0.39, 0.29) is 40.8 Å². The van der Waals surface area contributed by atoms with Crippen molar-refractivity contribution in [1.82, 2.24) is 0 Å². The summed E-state index contributed by atoms with van der Waals surface area (Å²) >= 11 is 0. The van der Waals surface area contributed by atoms with Crippen molar-refractivity contribution in [3.63, 3.8) is 0 Å². The first-order valence-electron chi connectivity index (χ1n) is 13.2. The van der Waals surface area contributed by atoms with Crippen molar-refractivity contribution >= 4 is 24.1 Å². The fourth-order valence-corrected chi connectivity index (χ4v) is 4.51. The summed E-state index contributed by atoms with van der Waals surface area (Å²) in [6, 6.07) is 0. The summed E-state index contributed by atoms with van der Waals surface area (Å²) in [7, 11) is -6.37. The van der Waals surface area contributed by atoms with Crippen LogP contribution in [0.3, 0.4) is 0 Å². The van der Waals surface area contributed by atoms with Crippen LogP contribution in [-0.4, -0.2) is 18.5 Å². The summed E-state index contributed by atoms with van der Waals surface area (Å²) in [5, 5.41) is 0. The van der Waals surface area contributed by atoms with Gasteiger partial charge in [-0.25, -0.2) is 0 Å². The van der Waals surface area contributed by atoms with Crippen molar-refractivity contribution in [1.29, 1.82) is 0 Å². The number of rotatable bonds is 21. The standard InChI is InChI=1S/3C8H17O2P.Nd/c3*1-2-3-4-5-6-7-8-11(9)10;/h3*2-8H2,1H3;/q;;;+3. The molecule has 0 aliphatic rings. The minimum Gasteiger partial charge on any atom is -0.596 e. The Morgan fingerprint density at radius 2 is 0.559 bits per heavy atom. The minimum atomic E-state index is -2.12. The molecule has 0 aromatic carbocycles. The second kappa shape index (κ2) is 39.1. The summed E-state index contributed by atoms with van der Waals surface area (Å²) in [5.41, 5.74) is 0. The van der Waals surface area contributed by atoms with Crippen LogP contribution in [0, 0.1) is 40.8 Å². The zero-order valence-electron chi connectivity index (χ0n) is 22.1. The Kier molecular flexibility index (Phi) is 48.9. The van der Waals surface area contributed by atoms with Gasteiger partial charge in [0.15, 0.2) is 0 Å². The van der Waals surface area contributed by atoms with Gasteiger partial charge in [0.25, 0.3) is 0 Å². The molecule has 0 heterocycles. The first-order valence-corrected chi connectivity index (χ1v) is 17.3. The van der Waals surface area contributed by atoms with Crippen LogP contribution in [0.25, 0.3) is 0 Å². The maximum Gasteiger partial charge on any atom is 3.00 e. The van der Waals surface area contributed by atoms with Gasteiger partial charge in [0, 0.05) is 0 Å². The van der Waals surface area contributed by atoms with Gasteiger partial charge < -0.3 is 14.7 Å². The van der Waals surface area contributed by atoms with E-state index in [1.165, 1.54) is 77.0 Å². The van der Waals surface area contributed by atoms with Crippen molar-refractivity contribution in [2.24, 2.45) is 0 Å². The zero-order chi connectivity index (χ0) is 25.6. The van der Waals surface area contributed by atoms with Crippen LogP contribution in [0.5, 0.6) is 0 Å². The van der Waals surface area contributed by atoms with E-state index in [1.54, 1.807) is 0 Å². The van der Waals surface area contributed by atoms with Gasteiger partial charge in [0.05, 0.1) is 0 Å². The molecule has 199 valence electrons. The quantitative estimate of drug-likeness (QED) is 0.0929. The molecule has 0 aliphatic carbocycles. The van der Waals surface area contributed by atoms with Crippen molar-refractivity contribution in [3.05, 3.63) is 0 Å². The Labute approximate surface area is 246 Å². The van der Waals surface area contributed by atoms with Crippen LogP contribution in [0.2, 0.25) is 0 Å². The number of hydrogen-bond acceptors (Lipinski definition) is 6. The summed E-state index contributed by atoms with van der Waals surface area (Å²) < 4.78 is 30.4. The molecule has 0 aromatic rings. The molecule has 0 amide bonds. The largest absolute Gasteiger partial charge is 3.00 e. The van der Waals surface area contributed by atoms with E-state index in [1.807, 2.05) is 0 Å². The Hall–Kier alpha value is 1.53. The molecule has 0 aromatic heterocycles. The second-order valence-corrected chi connectivity index (χ2v) is 11.8. The molecule has 6 nitrogen and oxygen atoms in total. The number of hydrogen-bond donors (Lipinski definition) is 0. The zero-order valence-corrected chi connectivity index (χ0v) is 28.0. The molecule has 0 N–H and O–H groups in total. The van der Waals surface area contributed by atoms with Gasteiger partial charge in [-0.15, -0.1) is 0 Å². The predicted octanol–water partition coefficient (Wildman–Crippen LogP) is 7.35. The maximum atomic E-state index is 10.1. The third-order valence-electron chi connectivity index (χ3n) is 5.08. The molecule has 0 aliphatic heterocycles. The molecule has 10 heteroatoms. The van der Waals surface area contributed by atoms with Gasteiger partial charge in [-0.3, -0.25) is 0 Å². The Bertz CT molecular complexity index is 381. The topological polar surface area (TPSA) is 120 Å². The Morgan fingerprint density at radius 1 is 0.382 bits per heavy atom. The Morgan fingerprint density at radius 3 is 0.735 bits per heavy atom. The van der Waals surface area contributed by atoms with E-state index in [9.17, 15) is 28.4 Å². The van der Waals surface area contributed by atoms with E-state index in [0.717, 1.165) is 38.5 Å². The van der Waals surface area contributed by atoms with Crippen LogP contribution in [0.4, 0.5) is 0 Å². The van der Waals surface area contributed by atoms with Crippen molar-refractivity contribution in [3.8, 4) is 0 Å². The molecule has 3 unspecified atom stereocenters. The van der Waals surface area contributed by atoms with Crippen LogP contribution in [0.1, 0.15) is 136 Å². The van der Waals surface area contributed by atoms with E-state index in [0.29, 0.717) is 18.5 Å². The third-order valence-corrected chi connectivity index (χ3v) is 7.13. The van der Waals surface area contributed by atoms with Crippen LogP contribution in [-0.2, 0) is 13.7 Å². The maximum absolute atomic E-state index is 10.1.